The Morgan fingerprint density at radius 3 is 2.40 bits per heavy atom. The first-order chi connectivity index (χ1) is 12.0. The van der Waals surface area contributed by atoms with Crippen LogP contribution in [0.3, 0.4) is 0 Å². The number of nitrogens with zero attached hydrogens (tertiary/aromatic N) is 2. The van der Waals surface area contributed by atoms with E-state index in [-0.39, 0.29) is 11.8 Å². The summed E-state index contributed by atoms with van der Waals surface area (Å²) in [5.74, 6) is 1.49. The molecule has 0 saturated heterocycles. The quantitative estimate of drug-likeness (QED) is 0.886. The normalized spacial score (nSPS) is 16.2. The lowest BCUT2D eigenvalue weighted by Crippen LogP contribution is -2.21. The summed E-state index contributed by atoms with van der Waals surface area (Å²) in [7, 11) is 3.17. The Labute approximate surface area is 146 Å². The van der Waals surface area contributed by atoms with Crippen LogP contribution in [0.25, 0.3) is 0 Å². The summed E-state index contributed by atoms with van der Waals surface area (Å²) in [6.07, 6.45) is 0. The fraction of sp³-hybridized carbons (Fsp3) is 0.333. The van der Waals surface area contributed by atoms with Gasteiger partial charge < -0.3 is 19.9 Å². The average molecular weight is 340 g/mol. The zero-order valence-electron chi connectivity index (χ0n) is 14.6. The molecule has 0 aliphatic carbocycles. The molecule has 3 rings (SSSR count). The largest absolute Gasteiger partial charge is 0.497 e. The Hall–Kier alpha value is -3.14. The molecule has 0 spiro atoms. The zero-order chi connectivity index (χ0) is 18.1. The average Bonchev–Trinajstić information content (AvgIpc) is 3.03. The van der Waals surface area contributed by atoms with Gasteiger partial charge in [-0.3, -0.25) is 5.10 Å². The number of hydrogen-bond acceptors (Lipinski definition) is 6. The van der Waals surface area contributed by atoms with E-state index in [1.165, 1.54) is 0 Å². The van der Waals surface area contributed by atoms with Crippen LogP contribution in [0.2, 0.25) is 0 Å². The first-order valence-corrected chi connectivity index (χ1v) is 7.88. The molecule has 25 heavy (non-hydrogen) atoms. The summed E-state index contributed by atoms with van der Waals surface area (Å²) in [6, 6.07) is 7.69. The fourth-order valence-electron chi connectivity index (χ4n) is 3.04. The Morgan fingerprint density at radius 2 is 1.88 bits per heavy atom. The number of methoxy groups -OCH3 is 2. The number of ether oxygens (including phenoxy) is 3. The minimum atomic E-state index is -0.408. The number of aromatic amines is 1. The molecule has 0 amide bonds. The van der Waals surface area contributed by atoms with Gasteiger partial charge in [-0.25, -0.2) is 0 Å². The molecule has 2 aromatic rings. The number of fused-ring (bicyclic) bond motifs is 1. The highest BCUT2D eigenvalue weighted by Gasteiger charge is 2.36. The van der Waals surface area contributed by atoms with Gasteiger partial charge in [-0.15, -0.1) is 5.10 Å². The Balaban J connectivity index is 2.27. The minimum absolute atomic E-state index is 0.0589. The maximum atomic E-state index is 9.68. The number of benzene rings is 1. The van der Waals surface area contributed by atoms with E-state index in [0.29, 0.717) is 23.0 Å². The Kier molecular flexibility index (Phi) is 4.28. The van der Waals surface area contributed by atoms with Crippen LogP contribution in [0.15, 0.2) is 29.7 Å². The van der Waals surface area contributed by atoms with E-state index in [9.17, 15) is 5.26 Å². The molecular weight excluding hydrogens is 320 g/mol. The molecule has 0 radical (unpaired) electrons. The Bertz CT molecular complexity index is 855. The zero-order valence-corrected chi connectivity index (χ0v) is 14.6. The standard InChI is InChI=1S/C18H20N4O3/c1-9(2)16-15-14(10-5-11(23-3)7-12(6-10)24-4)13(8-19)17(20)25-18(15)22-21-16/h5-7,9,14H,20H2,1-4H3,(H,21,22)/t14-/m1/s1. The molecule has 0 fully saturated rings. The van der Waals surface area contributed by atoms with Gasteiger partial charge in [0.1, 0.15) is 23.1 Å². The third kappa shape index (κ3) is 2.76. The van der Waals surface area contributed by atoms with Crippen LogP contribution >= 0.6 is 0 Å². The van der Waals surface area contributed by atoms with Crippen LogP contribution in [0.4, 0.5) is 0 Å². The van der Waals surface area contributed by atoms with Crippen molar-refractivity contribution in [2.75, 3.05) is 14.2 Å². The van der Waals surface area contributed by atoms with E-state index in [1.807, 2.05) is 26.0 Å². The van der Waals surface area contributed by atoms with Gasteiger partial charge in [0.25, 0.3) is 0 Å². The second-order valence-electron chi connectivity index (χ2n) is 6.08. The molecule has 0 unspecified atom stereocenters. The first kappa shape index (κ1) is 16.7. The highest BCUT2D eigenvalue weighted by molar-refractivity contribution is 5.57. The lowest BCUT2D eigenvalue weighted by atomic mass is 9.82. The van der Waals surface area contributed by atoms with E-state index in [2.05, 4.69) is 16.3 Å². The lowest BCUT2D eigenvalue weighted by Gasteiger charge is -2.25. The van der Waals surface area contributed by atoms with Crippen LogP contribution < -0.4 is 19.9 Å². The number of H-pyrrole nitrogens is 1. The molecule has 7 heteroatoms. The van der Waals surface area contributed by atoms with Crippen molar-refractivity contribution in [3.8, 4) is 23.4 Å². The summed E-state index contributed by atoms with van der Waals surface area (Å²) in [4.78, 5) is 0. The lowest BCUT2D eigenvalue weighted by molar-refractivity contribution is 0.376. The predicted octanol–water partition coefficient (Wildman–Crippen LogP) is 2.77. The summed E-state index contributed by atoms with van der Waals surface area (Å²) in [6.45, 7) is 4.09. The number of allylic oxidation sites excluding steroid dienone is 1. The van der Waals surface area contributed by atoms with Gasteiger partial charge in [-0.2, -0.15) is 5.26 Å². The van der Waals surface area contributed by atoms with Gasteiger partial charge in [0.05, 0.1) is 25.7 Å². The van der Waals surface area contributed by atoms with Crippen molar-refractivity contribution in [3.05, 3.63) is 46.5 Å². The summed E-state index contributed by atoms with van der Waals surface area (Å²) in [5.41, 5.74) is 8.86. The summed E-state index contributed by atoms with van der Waals surface area (Å²) >= 11 is 0. The van der Waals surface area contributed by atoms with Gasteiger partial charge in [0.15, 0.2) is 0 Å². The number of aromatic nitrogens is 2. The molecule has 7 nitrogen and oxygen atoms in total. The van der Waals surface area contributed by atoms with Crippen molar-refractivity contribution in [1.29, 1.82) is 5.26 Å². The van der Waals surface area contributed by atoms with Crippen molar-refractivity contribution >= 4 is 0 Å². The third-order valence-electron chi connectivity index (χ3n) is 4.25. The van der Waals surface area contributed by atoms with Crippen LogP contribution in [-0.4, -0.2) is 24.4 Å². The molecule has 1 aliphatic heterocycles. The van der Waals surface area contributed by atoms with Crippen molar-refractivity contribution < 1.29 is 14.2 Å². The fourth-order valence-corrected chi connectivity index (χ4v) is 3.04. The molecule has 0 saturated carbocycles. The molecular formula is C18H20N4O3. The number of nitriles is 1. The molecule has 130 valence electrons. The van der Waals surface area contributed by atoms with E-state index >= 15 is 0 Å². The van der Waals surface area contributed by atoms with Gasteiger partial charge in [-0.1, -0.05) is 13.8 Å². The summed E-state index contributed by atoms with van der Waals surface area (Å²) in [5, 5.41) is 16.9. The third-order valence-corrected chi connectivity index (χ3v) is 4.25. The van der Waals surface area contributed by atoms with Crippen LogP contribution in [0.1, 0.15) is 42.5 Å². The molecule has 0 bridgehead atoms. The Morgan fingerprint density at radius 1 is 1.24 bits per heavy atom. The number of nitrogens with two attached hydrogens (primary N) is 1. The second kappa shape index (κ2) is 6.40. The van der Waals surface area contributed by atoms with E-state index in [1.54, 1.807) is 20.3 Å². The number of hydrogen-bond donors (Lipinski definition) is 2. The van der Waals surface area contributed by atoms with Gasteiger partial charge >= 0.3 is 0 Å². The SMILES string of the molecule is COc1cc(OC)cc([C@@H]2C(C#N)=C(N)Oc3n[nH]c(C(C)C)c32)c1. The topological polar surface area (TPSA) is 106 Å². The molecule has 2 heterocycles. The molecule has 3 N–H and O–H groups in total. The molecule has 1 atom stereocenters. The van der Waals surface area contributed by atoms with Crippen molar-refractivity contribution in [3.63, 3.8) is 0 Å². The van der Waals surface area contributed by atoms with Gasteiger partial charge in [-0.05, 0) is 23.6 Å². The molecule has 1 aromatic carbocycles. The van der Waals surface area contributed by atoms with E-state index in [0.717, 1.165) is 16.8 Å². The van der Waals surface area contributed by atoms with Gasteiger partial charge in [0, 0.05) is 11.8 Å². The number of rotatable bonds is 4. The molecule has 1 aromatic heterocycles. The number of nitrogens with one attached hydrogen (secondary N) is 1. The van der Waals surface area contributed by atoms with Crippen LogP contribution in [0, 0.1) is 11.3 Å². The maximum absolute atomic E-state index is 9.68. The maximum Gasteiger partial charge on any atom is 0.244 e. The smallest absolute Gasteiger partial charge is 0.244 e. The van der Waals surface area contributed by atoms with Crippen LogP contribution in [0.5, 0.6) is 17.4 Å². The predicted molar refractivity (Wildman–Crippen MR) is 91.5 cm³/mol. The second-order valence-corrected chi connectivity index (χ2v) is 6.08. The van der Waals surface area contributed by atoms with Crippen molar-refractivity contribution in [2.24, 2.45) is 5.73 Å². The van der Waals surface area contributed by atoms with Crippen LogP contribution in [-0.2, 0) is 0 Å². The van der Waals surface area contributed by atoms with Gasteiger partial charge in [0.2, 0.25) is 11.8 Å². The molecule has 1 aliphatic rings. The minimum Gasteiger partial charge on any atom is -0.497 e. The van der Waals surface area contributed by atoms with E-state index < -0.39 is 5.92 Å². The highest BCUT2D eigenvalue weighted by Crippen LogP contribution is 2.45. The highest BCUT2D eigenvalue weighted by atomic mass is 16.5. The van der Waals surface area contributed by atoms with Crippen molar-refractivity contribution in [2.45, 2.75) is 25.7 Å². The van der Waals surface area contributed by atoms with E-state index in [4.69, 9.17) is 19.9 Å². The first-order valence-electron chi connectivity index (χ1n) is 7.88. The van der Waals surface area contributed by atoms with Crippen molar-refractivity contribution in [1.82, 2.24) is 10.2 Å². The monoisotopic (exact) mass is 340 g/mol. The summed E-state index contributed by atoms with van der Waals surface area (Å²) < 4.78 is 16.3.